The maximum Gasteiger partial charge on any atom is 0.312 e. The number of hydrogen-bond donors (Lipinski definition) is 2. The van der Waals surface area contributed by atoms with Crippen LogP contribution in [0.15, 0.2) is 30.3 Å². The van der Waals surface area contributed by atoms with Gasteiger partial charge in [0.25, 0.3) is 0 Å². The van der Waals surface area contributed by atoms with E-state index in [1.54, 1.807) is 4.90 Å². The van der Waals surface area contributed by atoms with E-state index in [0.29, 0.717) is 6.54 Å². The number of carboxylic acid groups (broad SMARTS) is 1. The number of amides is 1. The number of hydrogen-bond acceptors (Lipinski definition) is 3. The summed E-state index contributed by atoms with van der Waals surface area (Å²) in [5.41, 5.74) is -0.494. The Bertz CT molecular complexity index is 698. The summed E-state index contributed by atoms with van der Waals surface area (Å²) in [6.45, 7) is 8.82. The second-order valence-electron chi connectivity index (χ2n) is 9.05. The lowest BCUT2D eigenvalue weighted by atomic mass is 9.71. The molecule has 1 heterocycles. The van der Waals surface area contributed by atoms with Crippen LogP contribution in [0.4, 0.5) is 0 Å². The summed E-state index contributed by atoms with van der Waals surface area (Å²) in [5.74, 6) is -1.03. The molecule has 26 heavy (non-hydrogen) atoms. The molecule has 0 aromatic heterocycles. The zero-order chi connectivity index (χ0) is 19.3. The van der Waals surface area contributed by atoms with Gasteiger partial charge in [-0.05, 0) is 29.2 Å². The molecule has 1 aromatic carbocycles. The Hall–Kier alpha value is -1.88. The van der Waals surface area contributed by atoms with E-state index >= 15 is 0 Å². The molecule has 1 aliphatic carbocycles. The molecular weight excluding hydrogens is 330 g/mol. The summed E-state index contributed by atoms with van der Waals surface area (Å²) in [5, 5.41) is 20.6. The van der Waals surface area contributed by atoms with Crippen LogP contribution in [0.5, 0.6) is 0 Å². The van der Waals surface area contributed by atoms with Gasteiger partial charge in [0.05, 0.1) is 6.10 Å². The number of carbonyl (C=O) groups is 2. The maximum absolute atomic E-state index is 12.9. The molecule has 2 aliphatic rings. The lowest BCUT2D eigenvalue weighted by molar-refractivity contribution is -0.166. The Kier molecular flexibility index (Phi) is 4.42. The Morgan fingerprint density at radius 3 is 2.15 bits per heavy atom. The lowest BCUT2D eigenvalue weighted by Gasteiger charge is -2.43. The van der Waals surface area contributed by atoms with Crippen molar-refractivity contribution >= 4 is 11.9 Å². The predicted molar refractivity (Wildman–Crippen MR) is 98.5 cm³/mol. The van der Waals surface area contributed by atoms with E-state index in [4.69, 9.17) is 0 Å². The van der Waals surface area contributed by atoms with E-state index in [1.165, 1.54) is 0 Å². The molecule has 5 heteroatoms. The van der Waals surface area contributed by atoms with Gasteiger partial charge in [0.2, 0.25) is 5.91 Å². The molecule has 0 radical (unpaired) electrons. The zero-order valence-electron chi connectivity index (χ0n) is 16.0. The quantitative estimate of drug-likeness (QED) is 0.866. The van der Waals surface area contributed by atoms with E-state index in [2.05, 4.69) is 27.7 Å². The molecule has 0 bridgehead atoms. The van der Waals surface area contributed by atoms with Crippen LogP contribution in [0.3, 0.4) is 0 Å². The Morgan fingerprint density at radius 1 is 1.12 bits per heavy atom. The Balaban J connectivity index is 1.76. The second-order valence-corrected chi connectivity index (χ2v) is 9.05. The topological polar surface area (TPSA) is 77.8 Å². The molecule has 1 amide bonds. The minimum absolute atomic E-state index is 0.0396. The summed E-state index contributed by atoms with van der Waals surface area (Å²) in [6, 6.07) is 9.38. The highest BCUT2D eigenvalue weighted by molar-refractivity contribution is 5.85. The number of aliphatic hydroxyl groups excluding tert-OH is 1. The van der Waals surface area contributed by atoms with Crippen molar-refractivity contribution in [2.75, 3.05) is 13.1 Å². The number of carbonyl (C=O) groups excluding carboxylic acids is 1. The fraction of sp³-hybridized carbons (Fsp3) is 0.619. The van der Waals surface area contributed by atoms with Gasteiger partial charge in [-0.3, -0.25) is 9.59 Å². The summed E-state index contributed by atoms with van der Waals surface area (Å²) < 4.78 is 0. The standard InChI is InChI=1S/C21H29NO4/c1-19(2)16(20(19,3)4)17(24)22-11-10-21(18(25)26,15(23)13-22)12-14-8-6-5-7-9-14/h5-9,15-16,23H,10-13H2,1-4H3,(H,25,26)/t15-,21-/m1/s1. The molecule has 142 valence electrons. The minimum Gasteiger partial charge on any atom is -0.481 e. The smallest absolute Gasteiger partial charge is 0.312 e. The van der Waals surface area contributed by atoms with E-state index in [0.717, 1.165) is 5.56 Å². The van der Waals surface area contributed by atoms with Crippen LogP contribution in [0.1, 0.15) is 39.7 Å². The molecule has 1 aromatic rings. The van der Waals surface area contributed by atoms with E-state index in [-0.39, 0.29) is 42.0 Å². The third-order valence-corrected chi connectivity index (χ3v) is 7.23. The molecule has 1 saturated carbocycles. The van der Waals surface area contributed by atoms with Crippen molar-refractivity contribution in [3.05, 3.63) is 35.9 Å². The predicted octanol–water partition coefficient (Wildman–Crippen LogP) is 2.58. The fourth-order valence-corrected chi connectivity index (χ4v) is 4.66. The third kappa shape index (κ3) is 2.73. The average molecular weight is 359 g/mol. The molecule has 1 aliphatic heterocycles. The van der Waals surface area contributed by atoms with Gasteiger partial charge in [0.1, 0.15) is 5.41 Å². The van der Waals surface area contributed by atoms with Crippen molar-refractivity contribution in [1.82, 2.24) is 4.90 Å². The highest BCUT2D eigenvalue weighted by Gasteiger charge is 2.69. The molecule has 3 rings (SSSR count). The molecule has 2 N–H and O–H groups in total. The van der Waals surface area contributed by atoms with Crippen molar-refractivity contribution in [3.8, 4) is 0 Å². The first-order chi connectivity index (χ1) is 12.0. The lowest BCUT2D eigenvalue weighted by Crippen LogP contribution is -2.57. The van der Waals surface area contributed by atoms with E-state index < -0.39 is 17.5 Å². The van der Waals surface area contributed by atoms with Crippen molar-refractivity contribution in [3.63, 3.8) is 0 Å². The number of carboxylic acids is 1. The van der Waals surface area contributed by atoms with Crippen molar-refractivity contribution in [1.29, 1.82) is 0 Å². The summed E-state index contributed by atoms with van der Waals surface area (Å²) >= 11 is 0. The highest BCUT2D eigenvalue weighted by Crippen LogP contribution is 2.68. The number of likely N-dealkylation sites (tertiary alicyclic amines) is 1. The van der Waals surface area contributed by atoms with Gasteiger partial charge >= 0.3 is 5.97 Å². The van der Waals surface area contributed by atoms with Gasteiger partial charge in [-0.2, -0.15) is 0 Å². The molecule has 2 atom stereocenters. The molecule has 5 nitrogen and oxygen atoms in total. The molecule has 2 fully saturated rings. The number of aliphatic carboxylic acids is 1. The Labute approximate surface area is 155 Å². The number of nitrogens with zero attached hydrogens (tertiary/aromatic N) is 1. The SMILES string of the molecule is CC1(C)C(C(=O)N2CC[C@](Cc3ccccc3)(C(=O)O)[C@H](O)C2)C1(C)C. The van der Waals surface area contributed by atoms with Crippen LogP contribution < -0.4 is 0 Å². The number of rotatable bonds is 4. The van der Waals surface area contributed by atoms with Crippen molar-refractivity contribution < 1.29 is 19.8 Å². The summed E-state index contributed by atoms with van der Waals surface area (Å²) in [6.07, 6.45) is -0.548. The fourth-order valence-electron chi connectivity index (χ4n) is 4.66. The van der Waals surface area contributed by atoms with Crippen LogP contribution >= 0.6 is 0 Å². The molecule has 0 spiro atoms. The first-order valence-electron chi connectivity index (χ1n) is 9.28. The molecular formula is C21H29NO4. The van der Waals surface area contributed by atoms with E-state index in [9.17, 15) is 19.8 Å². The monoisotopic (exact) mass is 359 g/mol. The van der Waals surface area contributed by atoms with Crippen molar-refractivity contribution in [2.45, 2.75) is 46.6 Å². The van der Waals surface area contributed by atoms with Crippen LogP contribution in [0, 0.1) is 22.2 Å². The number of benzene rings is 1. The molecule has 1 saturated heterocycles. The third-order valence-electron chi connectivity index (χ3n) is 7.23. The van der Waals surface area contributed by atoms with Crippen molar-refractivity contribution in [2.24, 2.45) is 22.2 Å². The number of β-amino-alcohol motifs (C(OH)–C–C–N with tert-alkyl or cyclic N) is 1. The van der Waals surface area contributed by atoms with Crippen LogP contribution in [0.25, 0.3) is 0 Å². The van der Waals surface area contributed by atoms with Gasteiger partial charge in [0.15, 0.2) is 0 Å². The van der Waals surface area contributed by atoms with Gasteiger partial charge in [-0.25, -0.2) is 0 Å². The number of aliphatic hydroxyl groups is 1. The van der Waals surface area contributed by atoms with E-state index in [1.807, 2.05) is 30.3 Å². The van der Waals surface area contributed by atoms with Gasteiger partial charge in [0, 0.05) is 19.0 Å². The average Bonchev–Trinajstić information content (AvgIpc) is 2.98. The Morgan fingerprint density at radius 2 is 1.69 bits per heavy atom. The first kappa shape index (κ1) is 18.9. The maximum atomic E-state index is 12.9. The van der Waals surface area contributed by atoms with Gasteiger partial charge in [-0.1, -0.05) is 58.0 Å². The number of piperidine rings is 1. The van der Waals surface area contributed by atoms with Crippen LogP contribution in [0.2, 0.25) is 0 Å². The normalized spacial score (nSPS) is 30.0. The van der Waals surface area contributed by atoms with Crippen LogP contribution in [-0.2, 0) is 16.0 Å². The largest absolute Gasteiger partial charge is 0.481 e. The first-order valence-corrected chi connectivity index (χ1v) is 9.28. The summed E-state index contributed by atoms with van der Waals surface area (Å²) in [4.78, 5) is 26.7. The van der Waals surface area contributed by atoms with Gasteiger partial charge < -0.3 is 15.1 Å². The second kappa shape index (κ2) is 6.08. The van der Waals surface area contributed by atoms with Gasteiger partial charge in [-0.15, -0.1) is 0 Å². The van der Waals surface area contributed by atoms with Crippen LogP contribution in [-0.4, -0.2) is 46.2 Å². The minimum atomic E-state index is -1.24. The highest BCUT2D eigenvalue weighted by atomic mass is 16.4. The zero-order valence-corrected chi connectivity index (χ0v) is 16.0. The molecule has 0 unspecified atom stereocenters. The summed E-state index contributed by atoms with van der Waals surface area (Å²) in [7, 11) is 0.